The van der Waals surface area contributed by atoms with Gasteiger partial charge in [-0.2, -0.15) is 0 Å². The fraction of sp³-hybridized carbons (Fsp3) is 0.364. The Morgan fingerprint density at radius 3 is 1.73 bits per heavy atom. The van der Waals surface area contributed by atoms with E-state index in [4.69, 9.17) is 23.7 Å². The number of thioether (sulfide) groups is 1. The molecule has 218 valence electrons. The number of Topliss-reactive ketones (excluding diaryl/α,β-unsaturated/α-hetero) is 1. The lowest BCUT2D eigenvalue weighted by Gasteiger charge is -2.45. The summed E-state index contributed by atoms with van der Waals surface area (Å²) in [5.41, 5.74) is 3.05. The zero-order valence-electron chi connectivity index (χ0n) is 23.7. The Kier molecular flexibility index (Phi) is 12.0. The van der Waals surface area contributed by atoms with Gasteiger partial charge in [-0.3, -0.25) is 4.79 Å². The molecule has 1 aliphatic rings. The summed E-state index contributed by atoms with van der Waals surface area (Å²) in [6, 6.07) is 29.7. The molecule has 0 aliphatic carbocycles. The van der Waals surface area contributed by atoms with E-state index in [1.807, 2.05) is 91.0 Å². The van der Waals surface area contributed by atoms with Crippen LogP contribution in [0.4, 0.5) is 0 Å². The zero-order chi connectivity index (χ0) is 29.0. The van der Waals surface area contributed by atoms with Gasteiger partial charge in [-0.15, -0.1) is 11.8 Å². The van der Waals surface area contributed by atoms with Crippen LogP contribution in [0.25, 0.3) is 0 Å². The monoisotopic (exact) mass is 578 g/mol. The Morgan fingerprint density at radius 1 is 0.780 bits per heavy atom. The van der Waals surface area contributed by atoms with Crippen LogP contribution in [0.1, 0.15) is 30.5 Å². The van der Waals surface area contributed by atoms with Crippen LogP contribution >= 0.6 is 11.8 Å². The molecule has 1 N–H and O–H groups in total. The van der Waals surface area contributed by atoms with Crippen molar-refractivity contribution in [2.75, 3.05) is 13.7 Å². The number of methoxy groups -OCH3 is 1. The Bertz CT molecular complexity index is 1230. The van der Waals surface area contributed by atoms with Gasteiger partial charge in [-0.25, -0.2) is 0 Å². The lowest BCUT2D eigenvalue weighted by atomic mass is 10.00. The van der Waals surface area contributed by atoms with E-state index in [9.17, 15) is 9.90 Å². The summed E-state index contributed by atoms with van der Waals surface area (Å²) >= 11 is 1.19. The summed E-state index contributed by atoms with van der Waals surface area (Å²) in [6.45, 7) is 4.23. The summed E-state index contributed by atoms with van der Waals surface area (Å²) in [5.74, 6) is -0.309. The summed E-state index contributed by atoms with van der Waals surface area (Å²) in [5, 5.41) is 9.81. The molecule has 1 saturated heterocycles. The third-order valence-corrected chi connectivity index (χ3v) is 8.27. The van der Waals surface area contributed by atoms with Crippen molar-refractivity contribution in [2.24, 2.45) is 0 Å². The Hall–Kier alpha value is -2.98. The van der Waals surface area contributed by atoms with Crippen molar-refractivity contribution >= 4 is 17.5 Å². The minimum absolute atomic E-state index is 0.0609. The third-order valence-electron chi connectivity index (χ3n) is 6.69. The van der Waals surface area contributed by atoms with Crippen molar-refractivity contribution in [2.45, 2.75) is 63.5 Å². The van der Waals surface area contributed by atoms with Crippen molar-refractivity contribution in [1.82, 2.24) is 0 Å². The Labute approximate surface area is 246 Å². The summed E-state index contributed by atoms with van der Waals surface area (Å²) < 4.78 is 31.5. The molecule has 1 fully saturated rings. The Morgan fingerprint density at radius 2 is 1.27 bits per heavy atom. The largest absolute Gasteiger partial charge is 0.511 e. The average Bonchev–Trinajstić information content (AvgIpc) is 2.99. The molecule has 0 saturated carbocycles. The maximum atomic E-state index is 12.5. The topological polar surface area (TPSA) is 83.5 Å². The lowest BCUT2D eigenvalue weighted by molar-refractivity contribution is -0.268. The normalized spacial score (nSPS) is 23.1. The van der Waals surface area contributed by atoms with E-state index in [0.717, 1.165) is 16.7 Å². The van der Waals surface area contributed by atoms with Crippen molar-refractivity contribution in [3.8, 4) is 0 Å². The van der Waals surface area contributed by atoms with Gasteiger partial charge in [-0.1, -0.05) is 91.0 Å². The molecule has 0 aromatic heterocycles. The number of aliphatic hydroxyl groups is 1. The van der Waals surface area contributed by atoms with Crippen molar-refractivity contribution in [1.29, 1.82) is 0 Å². The molecule has 1 aliphatic heterocycles. The molecule has 0 unspecified atom stereocenters. The zero-order valence-corrected chi connectivity index (χ0v) is 24.5. The first-order valence-corrected chi connectivity index (χ1v) is 14.5. The highest BCUT2D eigenvalue weighted by Gasteiger charge is 2.49. The molecule has 1 heterocycles. The average molecular weight is 579 g/mol. The predicted molar refractivity (Wildman–Crippen MR) is 159 cm³/mol. The van der Waals surface area contributed by atoms with Gasteiger partial charge in [0.2, 0.25) is 0 Å². The first kappa shape index (κ1) is 31.0. The fourth-order valence-corrected chi connectivity index (χ4v) is 5.94. The second kappa shape index (κ2) is 15.9. The molecule has 4 rings (SSSR count). The van der Waals surface area contributed by atoms with Crippen LogP contribution in [-0.4, -0.2) is 54.5 Å². The van der Waals surface area contributed by atoms with Crippen molar-refractivity contribution < 1.29 is 33.6 Å². The Balaban J connectivity index is 1.64. The van der Waals surface area contributed by atoms with Crippen molar-refractivity contribution in [3.63, 3.8) is 0 Å². The number of allylic oxidation sites excluding steroid dienone is 2. The molecule has 3 aromatic carbocycles. The molecule has 41 heavy (non-hydrogen) atoms. The first-order valence-electron chi connectivity index (χ1n) is 13.6. The van der Waals surface area contributed by atoms with E-state index in [1.165, 1.54) is 25.6 Å². The number of benzene rings is 3. The van der Waals surface area contributed by atoms with Crippen LogP contribution in [-0.2, 0) is 48.3 Å². The number of rotatable bonds is 14. The summed E-state index contributed by atoms with van der Waals surface area (Å²) in [4.78, 5) is 12.7. The highest BCUT2D eigenvalue weighted by atomic mass is 32.2. The molecule has 7 nitrogen and oxygen atoms in total. The molecule has 0 radical (unpaired) electrons. The number of ketones is 1. The number of aliphatic hydroxyl groups excluding tert-OH is 1. The van der Waals surface area contributed by atoms with Crippen LogP contribution in [0.15, 0.2) is 102 Å². The van der Waals surface area contributed by atoms with E-state index in [1.54, 1.807) is 7.11 Å². The van der Waals surface area contributed by atoms with Gasteiger partial charge in [0.25, 0.3) is 0 Å². The maximum absolute atomic E-state index is 12.5. The summed E-state index contributed by atoms with van der Waals surface area (Å²) in [7, 11) is 1.56. The highest BCUT2D eigenvalue weighted by Crippen LogP contribution is 2.39. The quantitative estimate of drug-likeness (QED) is 0.178. The van der Waals surface area contributed by atoms with Gasteiger partial charge in [0.05, 0.1) is 36.6 Å². The fourth-order valence-electron chi connectivity index (χ4n) is 4.68. The molecule has 0 bridgehead atoms. The van der Waals surface area contributed by atoms with Gasteiger partial charge in [-0.05, 0) is 30.5 Å². The lowest BCUT2D eigenvalue weighted by Crippen LogP contribution is -2.59. The molecule has 0 amide bonds. The highest BCUT2D eigenvalue weighted by molar-refractivity contribution is 8.04. The number of hydrogen-bond donors (Lipinski definition) is 1. The van der Waals surface area contributed by atoms with Crippen LogP contribution in [0.2, 0.25) is 0 Å². The molecule has 5 atom stereocenters. The molecule has 0 spiro atoms. The van der Waals surface area contributed by atoms with Gasteiger partial charge in [0.1, 0.15) is 24.1 Å². The van der Waals surface area contributed by atoms with E-state index in [2.05, 4.69) is 0 Å². The second-order valence-corrected chi connectivity index (χ2v) is 11.0. The van der Waals surface area contributed by atoms with E-state index >= 15 is 0 Å². The van der Waals surface area contributed by atoms with E-state index in [0.29, 0.717) is 19.8 Å². The van der Waals surface area contributed by atoms with Gasteiger partial charge in [0.15, 0.2) is 12.1 Å². The van der Waals surface area contributed by atoms with Crippen molar-refractivity contribution in [3.05, 3.63) is 118 Å². The molecular weight excluding hydrogens is 540 g/mol. The van der Waals surface area contributed by atoms with Crippen LogP contribution < -0.4 is 0 Å². The van der Waals surface area contributed by atoms with Gasteiger partial charge in [0, 0.05) is 7.11 Å². The van der Waals surface area contributed by atoms with Crippen LogP contribution in [0, 0.1) is 0 Å². The third kappa shape index (κ3) is 9.00. The molecular formula is C33H38O7S. The smallest absolute Gasteiger partial charge is 0.172 e. The standard InChI is InChI=1S/C33H38O7S/c1-23(34)31(24(2)35)41-32-30(39-21-27-17-11-6-12-18-27)29(38-20-26-15-9-5-10-16-26)28(40-33(32)36-3)22-37-19-25-13-7-4-8-14-25/h4-18,28-30,32-34H,19-22H2,1-3H3/b31-23+/t28-,29-,30+,32+,33+/m1/s1. The predicted octanol–water partition coefficient (Wildman–Crippen LogP) is 6.23. The maximum Gasteiger partial charge on any atom is 0.172 e. The van der Waals surface area contributed by atoms with E-state index in [-0.39, 0.29) is 23.1 Å². The number of carbonyl (C=O) groups is 1. The number of hydrogen-bond acceptors (Lipinski definition) is 8. The van der Waals surface area contributed by atoms with Crippen LogP contribution in [0.3, 0.4) is 0 Å². The minimum Gasteiger partial charge on any atom is -0.511 e. The molecule has 3 aromatic rings. The summed E-state index contributed by atoms with van der Waals surface area (Å²) in [6.07, 6.45) is -2.41. The van der Waals surface area contributed by atoms with E-state index < -0.39 is 29.9 Å². The van der Waals surface area contributed by atoms with Gasteiger partial charge >= 0.3 is 0 Å². The first-order chi connectivity index (χ1) is 20.0. The number of carbonyl (C=O) groups excluding carboxylic acids is 1. The minimum atomic E-state index is -0.753. The van der Waals surface area contributed by atoms with Gasteiger partial charge < -0.3 is 28.8 Å². The number of ether oxygens (including phenoxy) is 5. The second-order valence-electron chi connectivity index (χ2n) is 9.85. The molecule has 8 heteroatoms. The van der Waals surface area contributed by atoms with Crippen LogP contribution in [0.5, 0.6) is 0 Å². The SMILES string of the molecule is CO[C@H]1O[C@H](COCc2ccccc2)[C@@H](OCc2ccccc2)[C@H](OCc2ccccc2)[C@@H]1S/C(C(C)=O)=C(\C)O.